The van der Waals surface area contributed by atoms with E-state index in [9.17, 15) is 15.2 Å². The summed E-state index contributed by atoms with van der Waals surface area (Å²) in [6.07, 6.45) is 4.78. The van der Waals surface area contributed by atoms with Gasteiger partial charge < -0.3 is 10.8 Å². The fourth-order valence-corrected chi connectivity index (χ4v) is 5.80. The molecule has 2 fully saturated rings. The highest BCUT2D eigenvalue weighted by atomic mass is 16.3. The first kappa shape index (κ1) is 17.7. The molecule has 1 aromatic rings. The van der Waals surface area contributed by atoms with Gasteiger partial charge in [0.25, 0.3) is 5.91 Å². The van der Waals surface area contributed by atoms with E-state index in [0.717, 1.165) is 43.2 Å². The number of hydrogen-bond donors (Lipinski definition) is 2. The van der Waals surface area contributed by atoms with Crippen LogP contribution in [-0.2, 0) is 16.8 Å². The third kappa shape index (κ3) is 2.23. The van der Waals surface area contributed by atoms with Crippen LogP contribution in [0.2, 0.25) is 0 Å². The van der Waals surface area contributed by atoms with Crippen molar-refractivity contribution in [1.82, 2.24) is 4.90 Å². The van der Waals surface area contributed by atoms with E-state index in [1.54, 1.807) is 4.90 Å². The Morgan fingerprint density at radius 1 is 1.39 bits per heavy atom. The minimum atomic E-state index is -1.05. The first-order chi connectivity index (χ1) is 13.4. The normalized spacial score (nSPS) is 36.7. The second-order valence-corrected chi connectivity index (χ2v) is 9.27. The Morgan fingerprint density at radius 3 is 2.86 bits per heavy atom. The quantitative estimate of drug-likeness (QED) is 0.822. The topological polar surface area (TPSA) is 103 Å². The van der Waals surface area contributed by atoms with Gasteiger partial charge in [-0.2, -0.15) is 5.26 Å². The number of benzene rings is 1. The molecular weight excluding hydrogens is 352 g/mol. The summed E-state index contributed by atoms with van der Waals surface area (Å²) in [5.41, 5.74) is 7.36. The molecule has 0 bridgehead atoms. The number of nitriles is 1. The zero-order valence-electron chi connectivity index (χ0n) is 16.2. The monoisotopic (exact) mass is 378 g/mol. The van der Waals surface area contributed by atoms with Crippen molar-refractivity contribution in [1.29, 1.82) is 5.26 Å². The number of hydrogen-bond acceptors (Lipinski definition) is 5. The Labute approximate surface area is 165 Å². The molecule has 4 atom stereocenters. The van der Waals surface area contributed by atoms with Crippen LogP contribution in [0.15, 0.2) is 23.2 Å². The smallest absolute Gasteiger partial charge is 0.262 e. The number of fused-ring (bicyclic) bond motifs is 3. The lowest BCUT2D eigenvalue weighted by molar-refractivity contribution is -0.139. The first-order valence-electron chi connectivity index (χ1n) is 10.3. The Hall–Kier alpha value is -2.39. The Bertz CT molecular complexity index is 931. The number of carbonyl (C=O) groups excluding carboxylic acids is 1. The fraction of sp³-hybridized carbons (Fsp3) is 0.591. The number of aliphatic hydroxyl groups excluding tert-OH is 1. The van der Waals surface area contributed by atoms with E-state index in [1.165, 1.54) is 0 Å². The molecule has 1 aliphatic heterocycles. The second kappa shape index (κ2) is 5.81. The van der Waals surface area contributed by atoms with Crippen LogP contribution in [0.1, 0.15) is 55.7 Å². The summed E-state index contributed by atoms with van der Waals surface area (Å²) in [6, 6.07) is 7.84. The Morgan fingerprint density at radius 2 is 2.18 bits per heavy atom. The highest BCUT2D eigenvalue weighted by Crippen LogP contribution is 2.62. The predicted molar refractivity (Wildman–Crippen MR) is 104 cm³/mol. The molecule has 6 nitrogen and oxygen atoms in total. The Kier molecular flexibility index (Phi) is 3.67. The van der Waals surface area contributed by atoms with Crippen molar-refractivity contribution in [2.24, 2.45) is 28.0 Å². The van der Waals surface area contributed by atoms with Crippen molar-refractivity contribution in [2.75, 3.05) is 6.54 Å². The zero-order valence-corrected chi connectivity index (χ0v) is 16.2. The molecule has 4 aliphatic rings. The maximum absolute atomic E-state index is 13.9. The molecule has 28 heavy (non-hydrogen) atoms. The minimum Gasteiger partial charge on any atom is -0.393 e. The van der Waals surface area contributed by atoms with Gasteiger partial charge in [-0.05, 0) is 73.6 Å². The summed E-state index contributed by atoms with van der Waals surface area (Å²) in [6.45, 7) is 2.69. The summed E-state index contributed by atoms with van der Waals surface area (Å²) in [5.74, 6) is 0.888. The average Bonchev–Trinajstić information content (AvgIpc) is 3.42. The third-order valence-electron chi connectivity index (χ3n) is 7.46. The van der Waals surface area contributed by atoms with Gasteiger partial charge in [0.1, 0.15) is 0 Å². The summed E-state index contributed by atoms with van der Waals surface area (Å²) < 4.78 is 0. The molecule has 3 aliphatic carbocycles. The molecular formula is C22H26N4O2. The molecule has 0 saturated heterocycles. The van der Waals surface area contributed by atoms with Crippen LogP contribution in [0.25, 0.3) is 0 Å². The van der Waals surface area contributed by atoms with Gasteiger partial charge in [-0.25, -0.2) is 4.99 Å². The lowest BCUT2D eigenvalue weighted by atomic mass is 9.59. The molecule has 2 spiro atoms. The van der Waals surface area contributed by atoms with Crippen LogP contribution in [0.5, 0.6) is 0 Å². The van der Waals surface area contributed by atoms with Crippen LogP contribution in [0.4, 0.5) is 0 Å². The number of aliphatic imine (C=N–C) groups is 1. The highest BCUT2D eigenvalue weighted by Gasteiger charge is 2.67. The van der Waals surface area contributed by atoms with Gasteiger partial charge in [0.05, 0.1) is 17.7 Å². The Balaban J connectivity index is 1.67. The third-order valence-corrected chi connectivity index (χ3v) is 7.46. The lowest BCUT2D eigenvalue weighted by Gasteiger charge is -2.47. The molecule has 0 radical (unpaired) electrons. The summed E-state index contributed by atoms with van der Waals surface area (Å²) in [7, 11) is 0. The standard InChI is InChI=1S/C22H26N4O2/c1-13-9-21(7-6-18(13)27)10-16-5-4-15(11-23)8-17(16)22(21)19(28)26(20(24)25-22)12-14-2-3-14/h4-5,8,13-14,18,27H,2-3,6-7,9-10,12H2,1H3,(H2,24,25)/t13-,18-,21-,22-/m1/s1. The van der Waals surface area contributed by atoms with E-state index in [-0.39, 0.29) is 23.3 Å². The molecule has 6 heteroatoms. The van der Waals surface area contributed by atoms with Crippen molar-refractivity contribution in [3.05, 3.63) is 34.9 Å². The van der Waals surface area contributed by atoms with E-state index < -0.39 is 5.54 Å². The van der Waals surface area contributed by atoms with E-state index >= 15 is 0 Å². The maximum atomic E-state index is 13.9. The first-order valence-corrected chi connectivity index (χ1v) is 10.3. The molecule has 3 N–H and O–H groups in total. The van der Waals surface area contributed by atoms with Crippen LogP contribution in [0.3, 0.4) is 0 Å². The SMILES string of the molecule is C[C@@H]1C[C@]2(CC[C@H]1O)Cc1ccc(C#N)cc1[C@]21N=C(N)N(CC2CC2)C1=O. The maximum Gasteiger partial charge on any atom is 0.262 e. The van der Waals surface area contributed by atoms with Crippen molar-refractivity contribution in [3.63, 3.8) is 0 Å². The van der Waals surface area contributed by atoms with Gasteiger partial charge in [0.15, 0.2) is 11.5 Å². The van der Waals surface area contributed by atoms with E-state index in [2.05, 4.69) is 13.0 Å². The van der Waals surface area contributed by atoms with Crippen LogP contribution in [-0.4, -0.2) is 34.5 Å². The number of rotatable bonds is 2. The molecule has 0 unspecified atom stereocenters. The average molecular weight is 378 g/mol. The number of guanidine groups is 1. The number of nitrogens with two attached hydrogens (primary N) is 1. The minimum absolute atomic E-state index is 0.0330. The summed E-state index contributed by atoms with van der Waals surface area (Å²) >= 11 is 0. The van der Waals surface area contributed by atoms with Gasteiger partial charge in [-0.1, -0.05) is 13.0 Å². The van der Waals surface area contributed by atoms with E-state index in [0.29, 0.717) is 30.4 Å². The van der Waals surface area contributed by atoms with Gasteiger partial charge >= 0.3 is 0 Å². The number of carbonyl (C=O) groups is 1. The summed E-state index contributed by atoms with van der Waals surface area (Å²) in [5, 5.41) is 19.8. The fourth-order valence-electron chi connectivity index (χ4n) is 5.80. The highest BCUT2D eigenvalue weighted by molar-refractivity contribution is 6.08. The largest absolute Gasteiger partial charge is 0.393 e. The molecule has 146 valence electrons. The van der Waals surface area contributed by atoms with E-state index in [4.69, 9.17) is 10.7 Å². The van der Waals surface area contributed by atoms with Crippen molar-refractivity contribution in [2.45, 2.75) is 57.1 Å². The molecule has 2 saturated carbocycles. The van der Waals surface area contributed by atoms with Crippen molar-refractivity contribution >= 4 is 11.9 Å². The molecule has 1 aromatic carbocycles. The van der Waals surface area contributed by atoms with Gasteiger partial charge in [0.2, 0.25) is 0 Å². The summed E-state index contributed by atoms with van der Waals surface area (Å²) in [4.78, 5) is 20.5. The van der Waals surface area contributed by atoms with Crippen LogP contribution >= 0.6 is 0 Å². The molecule has 1 amide bonds. The molecule has 1 heterocycles. The van der Waals surface area contributed by atoms with Gasteiger partial charge in [-0.15, -0.1) is 0 Å². The molecule has 0 aromatic heterocycles. The van der Waals surface area contributed by atoms with Gasteiger partial charge in [-0.3, -0.25) is 9.69 Å². The van der Waals surface area contributed by atoms with Crippen LogP contribution < -0.4 is 5.73 Å². The van der Waals surface area contributed by atoms with Crippen LogP contribution in [0, 0.1) is 28.6 Å². The number of amides is 1. The predicted octanol–water partition coefficient (Wildman–Crippen LogP) is 2.04. The van der Waals surface area contributed by atoms with E-state index in [1.807, 2.05) is 18.2 Å². The second-order valence-electron chi connectivity index (χ2n) is 9.27. The van der Waals surface area contributed by atoms with Crippen molar-refractivity contribution < 1.29 is 9.90 Å². The number of nitrogens with zero attached hydrogens (tertiary/aromatic N) is 3. The molecule has 5 rings (SSSR count). The lowest BCUT2D eigenvalue weighted by Crippen LogP contribution is -2.53. The zero-order chi connectivity index (χ0) is 19.7. The number of aliphatic hydroxyl groups is 1. The van der Waals surface area contributed by atoms with Crippen molar-refractivity contribution in [3.8, 4) is 6.07 Å². The van der Waals surface area contributed by atoms with Gasteiger partial charge in [0, 0.05) is 12.0 Å².